The Labute approximate surface area is 120 Å². The zero-order valence-corrected chi connectivity index (χ0v) is 11.7. The van der Waals surface area contributed by atoms with Crippen molar-refractivity contribution in [2.24, 2.45) is 0 Å². The minimum absolute atomic E-state index is 0.0196. The Balaban J connectivity index is 2.26. The second-order valence-corrected chi connectivity index (χ2v) is 5.12. The fourth-order valence-electron chi connectivity index (χ4n) is 1.84. The van der Waals surface area contributed by atoms with Gasteiger partial charge in [-0.15, -0.1) is 0 Å². The summed E-state index contributed by atoms with van der Waals surface area (Å²) in [5.74, 6) is -1.28. The summed E-state index contributed by atoms with van der Waals surface area (Å²) in [5.41, 5.74) is 7.21. The summed E-state index contributed by atoms with van der Waals surface area (Å²) < 4.78 is 0. The molecule has 104 valence electrons. The third kappa shape index (κ3) is 2.97. The summed E-state index contributed by atoms with van der Waals surface area (Å²) in [5, 5.41) is 13.0. The van der Waals surface area contributed by atoms with Gasteiger partial charge in [0, 0.05) is 12.7 Å². The van der Waals surface area contributed by atoms with E-state index in [1.807, 2.05) is 16.8 Å². The van der Waals surface area contributed by atoms with Crippen molar-refractivity contribution in [1.29, 1.82) is 0 Å². The van der Waals surface area contributed by atoms with Gasteiger partial charge < -0.3 is 15.7 Å². The van der Waals surface area contributed by atoms with Crippen LogP contribution in [0.2, 0.25) is 0 Å². The maximum atomic E-state index is 12.2. The normalized spacial score (nSPS) is 10.2. The SMILES string of the molecule is CN(C(=O)Cc1ccsc1)c1ccc(N)cc1C(=O)O. The molecule has 2 aromatic rings. The van der Waals surface area contributed by atoms with Crippen LogP contribution in [-0.4, -0.2) is 24.0 Å². The van der Waals surface area contributed by atoms with E-state index in [1.54, 1.807) is 19.2 Å². The molecule has 6 heteroatoms. The van der Waals surface area contributed by atoms with Crippen LogP contribution in [0.5, 0.6) is 0 Å². The molecule has 0 radical (unpaired) electrons. The molecule has 1 aromatic carbocycles. The third-order valence-corrected chi connectivity index (χ3v) is 3.65. The molecule has 20 heavy (non-hydrogen) atoms. The zero-order valence-electron chi connectivity index (χ0n) is 10.9. The van der Waals surface area contributed by atoms with Gasteiger partial charge in [0.2, 0.25) is 5.91 Å². The van der Waals surface area contributed by atoms with Crippen molar-refractivity contribution in [2.75, 3.05) is 17.7 Å². The third-order valence-electron chi connectivity index (χ3n) is 2.92. The molecule has 0 aliphatic heterocycles. The first-order chi connectivity index (χ1) is 9.49. The predicted octanol–water partition coefficient (Wildman–Crippen LogP) is 2.23. The lowest BCUT2D eigenvalue weighted by atomic mass is 10.1. The van der Waals surface area contributed by atoms with Gasteiger partial charge in [-0.05, 0) is 40.6 Å². The van der Waals surface area contributed by atoms with Crippen LogP contribution in [-0.2, 0) is 11.2 Å². The summed E-state index contributed by atoms with van der Waals surface area (Å²) >= 11 is 1.52. The number of aromatic carboxylic acids is 1. The Morgan fingerprint density at radius 1 is 1.35 bits per heavy atom. The first kappa shape index (κ1) is 14.1. The number of carbonyl (C=O) groups excluding carboxylic acids is 1. The molecule has 0 aliphatic carbocycles. The maximum Gasteiger partial charge on any atom is 0.337 e. The van der Waals surface area contributed by atoms with E-state index in [4.69, 9.17) is 5.73 Å². The Morgan fingerprint density at radius 3 is 2.70 bits per heavy atom. The lowest BCUT2D eigenvalue weighted by Crippen LogP contribution is -2.29. The monoisotopic (exact) mass is 290 g/mol. The smallest absolute Gasteiger partial charge is 0.337 e. The highest BCUT2D eigenvalue weighted by Gasteiger charge is 2.18. The number of anilines is 2. The standard InChI is InChI=1S/C14H14N2O3S/c1-16(13(17)6-9-4-5-20-8-9)12-3-2-10(15)7-11(12)14(18)19/h2-5,7-8H,6,15H2,1H3,(H,18,19). The molecule has 0 spiro atoms. The van der Waals surface area contributed by atoms with Crippen molar-refractivity contribution in [3.8, 4) is 0 Å². The second kappa shape index (κ2) is 5.75. The van der Waals surface area contributed by atoms with Gasteiger partial charge in [0.05, 0.1) is 17.7 Å². The molecule has 2 rings (SSSR count). The molecule has 0 bridgehead atoms. The average molecular weight is 290 g/mol. The van der Waals surface area contributed by atoms with Gasteiger partial charge in [-0.1, -0.05) is 0 Å². The Bertz CT molecular complexity index is 638. The van der Waals surface area contributed by atoms with Gasteiger partial charge in [0.1, 0.15) is 0 Å². The first-order valence-electron chi connectivity index (χ1n) is 5.89. The summed E-state index contributed by atoms with van der Waals surface area (Å²) in [6.45, 7) is 0. The number of likely N-dealkylation sites (N-methyl/N-ethyl adjacent to an activating group) is 1. The lowest BCUT2D eigenvalue weighted by Gasteiger charge is -2.19. The van der Waals surface area contributed by atoms with E-state index in [2.05, 4.69) is 0 Å². The van der Waals surface area contributed by atoms with Crippen molar-refractivity contribution in [1.82, 2.24) is 0 Å². The number of amides is 1. The van der Waals surface area contributed by atoms with Crippen LogP contribution in [0.4, 0.5) is 11.4 Å². The molecule has 1 aromatic heterocycles. The summed E-state index contributed by atoms with van der Waals surface area (Å²) in [6.07, 6.45) is 0.240. The number of carbonyl (C=O) groups is 2. The molecule has 1 heterocycles. The number of hydrogen-bond acceptors (Lipinski definition) is 4. The van der Waals surface area contributed by atoms with Gasteiger partial charge in [-0.3, -0.25) is 4.79 Å². The number of rotatable bonds is 4. The fraction of sp³-hybridized carbons (Fsp3) is 0.143. The van der Waals surface area contributed by atoms with E-state index in [0.717, 1.165) is 5.56 Å². The van der Waals surface area contributed by atoms with Crippen LogP contribution in [0.15, 0.2) is 35.0 Å². The van der Waals surface area contributed by atoms with E-state index < -0.39 is 5.97 Å². The number of carboxylic acid groups (broad SMARTS) is 1. The highest BCUT2D eigenvalue weighted by Crippen LogP contribution is 2.23. The molecular formula is C14H14N2O3S. The second-order valence-electron chi connectivity index (χ2n) is 4.34. The van der Waals surface area contributed by atoms with Crippen LogP contribution < -0.4 is 10.6 Å². The van der Waals surface area contributed by atoms with Crippen LogP contribution in [0.25, 0.3) is 0 Å². The Kier molecular flexibility index (Phi) is 4.05. The molecule has 3 N–H and O–H groups in total. The Morgan fingerprint density at radius 2 is 2.10 bits per heavy atom. The van der Waals surface area contributed by atoms with Crippen LogP contribution in [0.1, 0.15) is 15.9 Å². The van der Waals surface area contributed by atoms with Crippen LogP contribution in [0, 0.1) is 0 Å². The van der Waals surface area contributed by atoms with Crippen molar-refractivity contribution < 1.29 is 14.7 Å². The molecule has 1 amide bonds. The zero-order chi connectivity index (χ0) is 14.7. The maximum absolute atomic E-state index is 12.2. The molecule has 0 atom stereocenters. The quantitative estimate of drug-likeness (QED) is 0.846. The van der Waals surface area contributed by atoms with Crippen molar-refractivity contribution in [3.63, 3.8) is 0 Å². The minimum Gasteiger partial charge on any atom is -0.478 e. The number of carboxylic acids is 1. The lowest BCUT2D eigenvalue weighted by molar-refractivity contribution is -0.117. The van der Waals surface area contributed by atoms with E-state index >= 15 is 0 Å². The highest BCUT2D eigenvalue weighted by molar-refractivity contribution is 7.08. The fourth-order valence-corrected chi connectivity index (χ4v) is 2.51. The van der Waals surface area contributed by atoms with Crippen molar-refractivity contribution in [3.05, 3.63) is 46.2 Å². The van der Waals surface area contributed by atoms with Gasteiger partial charge in [0.15, 0.2) is 0 Å². The molecule has 0 saturated carbocycles. The average Bonchev–Trinajstić information content (AvgIpc) is 2.90. The van der Waals surface area contributed by atoms with Crippen molar-refractivity contribution in [2.45, 2.75) is 6.42 Å². The molecule has 0 fully saturated rings. The number of hydrogen-bond donors (Lipinski definition) is 2. The van der Waals surface area contributed by atoms with Crippen LogP contribution >= 0.6 is 11.3 Å². The van der Waals surface area contributed by atoms with Crippen LogP contribution in [0.3, 0.4) is 0 Å². The van der Waals surface area contributed by atoms with E-state index in [0.29, 0.717) is 11.4 Å². The summed E-state index contributed by atoms with van der Waals surface area (Å²) in [7, 11) is 1.56. The topological polar surface area (TPSA) is 83.6 Å². The van der Waals surface area contributed by atoms with E-state index in [1.165, 1.54) is 22.3 Å². The highest BCUT2D eigenvalue weighted by atomic mass is 32.1. The summed E-state index contributed by atoms with van der Waals surface area (Å²) in [6, 6.07) is 6.35. The molecule has 0 saturated heterocycles. The van der Waals surface area contributed by atoms with E-state index in [9.17, 15) is 14.7 Å². The van der Waals surface area contributed by atoms with E-state index in [-0.39, 0.29) is 17.9 Å². The molecule has 0 aliphatic rings. The van der Waals surface area contributed by atoms with Gasteiger partial charge in [-0.2, -0.15) is 11.3 Å². The number of nitrogens with zero attached hydrogens (tertiary/aromatic N) is 1. The number of thiophene rings is 1. The number of nitrogens with two attached hydrogens (primary N) is 1. The minimum atomic E-state index is -1.11. The number of benzene rings is 1. The van der Waals surface area contributed by atoms with Gasteiger partial charge in [-0.25, -0.2) is 4.79 Å². The van der Waals surface area contributed by atoms with Gasteiger partial charge in [0.25, 0.3) is 0 Å². The largest absolute Gasteiger partial charge is 0.478 e. The predicted molar refractivity (Wildman–Crippen MR) is 79.2 cm³/mol. The number of nitrogen functional groups attached to an aromatic ring is 1. The van der Waals surface area contributed by atoms with Crippen molar-refractivity contribution >= 4 is 34.6 Å². The molecule has 5 nitrogen and oxygen atoms in total. The summed E-state index contributed by atoms with van der Waals surface area (Å²) in [4.78, 5) is 24.8. The first-order valence-corrected chi connectivity index (χ1v) is 6.83. The Hall–Kier alpha value is -2.34. The van der Waals surface area contributed by atoms with Gasteiger partial charge >= 0.3 is 5.97 Å². The molecular weight excluding hydrogens is 276 g/mol. The molecule has 0 unspecified atom stereocenters.